The monoisotopic (exact) mass is 282 g/mol. The van der Waals surface area contributed by atoms with Crippen LogP contribution in [0.15, 0.2) is 54.6 Å². The summed E-state index contributed by atoms with van der Waals surface area (Å²) in [5, 5.41) is 1.07. The molecule has 0 aliphatic heterocycles. The standard InChI is InChI=1S/C17H15FN2O/c18-15-9-12(10-19)5-8-17(15)21-11-14-7-6-13-3-1-2-4-16(13)20-14/h1-9H,10-11,19H2. The first-order chi connectivity index (χ1) is 10.3. The summed E-state index contributed by atoms with van der Waals surface area (Å²) >= 11 is 0. The summed E-state index contributed by atoms with van der Waals surface area (Å²) in [6, 6.07) is 16.4. The van der Waals surface area contributed by atoms with E-state index in [1.165, 1.54) is 6.07 Å². The van der Waals surface area contributed by atoms with Crippen LogP contribution in [0, 0.1) is 5.82 Å². The molecular weight excluding hydrogens is 267 g/mol. The van der Waals surface area contributed by atoms with Gasteiger partial charge in [-0.1, -0.05) is 30.3 Å². The van der Waals surface area contributed by atoms with Gasteiger partial charge in [0.2, 0.25) is 0 Å². The predicted molar refractivity (Wildman–Crippen MR) is 80.4 cm³/mol. The van der Waals surface area contributed by atoms with E-state index < -0.39 is 5.82 Å². The summed E-state index contributed by atoms with van der Waals surface area (Å²) in [4.78, 5) is 4.49. The van der Waals surface area contributed by atoms with Crippen molar-refractivity contribution in [3.8, 4) is 5.75 Å². The Bertz CT molecular complexity index is 774. The third-order valence-corrected chi connectivity index (χ3v) is 3.26. The SMILES string of the molecule is NCc1ccc(OCc2ccc3ccccc3n2)c(F)c1. The first-order valence-electron chi connectivity index (χ1n) is 6.72. The largest absolute Gasteiger partial charge is 0.484 e. The molecule has 21 heavy (non-hydrogen) atoms. The van der Waals surface area contributed by atoms with E-state index >= 15 is 0 Å². The maximum absolute atomic E-state index is 13.8. The molecule has 1 heterocycles. The molecule has 2 aromatic carbocycles. The van der Waals surface area contributed by atoms with E-state index in [9.17, 15) is 4.39 Å². The molecule has 4 heteroatoms. The van der Waals surface area contributed by atoms with Crippen LogP contribution in [0.4, 0.5) is 4.39 Å². The van der Waals surface area contributed by atoms with Crippen molar-refractivity contribution in [3.63, 3.8) is 0 Å². The normalized spacial score (nSPS) is 10.8. The zero-order valence-electron chi connectivity index (χ0n) is 11.4. The minimum absolute atomic E-state index is 0.210. The van der Waals surface area contributed by atoms with Crippen molar-refractivity contribution in [2.45, 2.75) is 13.2 Å². The summed E-state index contributed by atoms with van der Waals surface area (Å²) in [7, 11) is 0. The van der Waals surface area contributed by atoms with Gasteiger partial charge in [-0.3, -0.25) is 0 Å². The topological polar surface area (TPSA) is 48.1 Å². The Hall–Kier alpha value is -2.46. The van der Waals surface area contributed by atoms with Crippen LogP contribution in [0.2, 0.25) is 0 Å². The Balaban J connectivity index is 1.77. The van der Waals surface area contributed by atoms with Crippen LogP contribution in [0.25, 0.3) is 10.9 Å². The van der Waals surface area contributed by atoms with Gasteiger partial charge >= 0.3 is 0 Å². The van der Waals surface area contributed by atoms with Crippen molar-refractivity contribution in [1.82, 2.24) is 4.98 Å². The highest BCUT2D eigenvalue weighted by Gasteiger charge is 2.05. The lowest BCUT2D eigenvalue weighted by molar-refractivity contribution is 0.286. The first kappa shape index (κ1) is 13.5. The van der Waals surface area contributed by atoms with Crippen molar-refractivity contribution in [3.05, 3.63) is 71.7 Å². The molecule has 0 atom stereocenters. The molecule has 0 amide bonds. The molecule has 1 aromatic heterocycles. The highest BCUT2D eigenvalue weighted by Crippen LogP contribution is 2.20. The maximum atomic E-state index is 13.8. The number of rotatable bonds is 4. The smallest absolute Gasteiger partial charge is 0.165 e. The fourth-order valence-electron chi connectivity index (χ4n) is 2.13. The van der Waals surface area contributed by atoms with E-state index in [4.69, 9.17) is 10.5 Å². The molecule has 0 fully saturated rings. The summed E-state index contributed by atoms with van der Waals surface area (Å²) in [5.74, 6) is -0.194. The number of fused-ring (bicyclic) bond motifs is 1. The number of para-hydroxylation sites is 1. The van der Waals surface area contributed by atoms with Gasteiger partial charge in [0, 0.05) is 11.9 Å². The van der Waals surface area contributed by atoms with Gasteiger partial charge < -0.3 is 10.5 Å². The molecule has 106 valence electrons. The molecule has 0 aliphatic rings. The highest BCUT2D eigenvalue weighted by molar-refractivity contribution is 5.78. The van der Waals surface area contributed by atoms with Gasteiger partial charge in [0.1, 0.15) is 6.61 Å². The molecular formula is C17H15FN2O. The zero-order chi connectivity index (χ0) is 14.7. The molecule has 0 unspecified atom stereocenters. The third-order valence-electron chi connectivity index (χ3n) is 3.26. The molecule has 0 saturated heterocycles. The molecule has 0 radical (unpaired) electrons. The minimum atomic E-state index is -0.404. The van der Waals surface area contributed by atoms with E-state index in [0.29, 0.717) is 6.54 Å². The first-order valence-corrected chi connectivity index (χ1v) is 6.72. The van der Waals surface area contributed by atoms with Gasteiger partial charge in [-0.2, -0.15) is 0 Å². The van der Waals surface area contributed by atoms with Crippen molar-refractivity contribution in [1.29, 1.82) is 0 Å². The molecule has 2 N–H and O–H groups in total. The Morgan fingerprint density at radius 1 is 1.05 bits per heavy atom. The van der Waals surface area contributed by atoms with Crippen molar-refractivity contribution >= 4 is 10.9 Å². The number of hydrogen-bond donors (Lipinski definition) is 1. The summed E-state index contributed by atoms with van der Waals surface area (Å²) in [6.45, 7) is 0.535. The van der Waals surface area contributed by atoms with Crippen LogP contribution >= 0.6 is 0 Å². The quantitative estimate of drug-likeness (QED) is 0.797. The van der Waals surface area contributed by atoms with Crippen LogP contribution < -0.4 is 10.5 Å². The summed E-state index contributed by atoms with van der Waals surface area (Å²) in [5.41, 5.74) is 7.87. The number of hydrogen-bond acceptors (Lipinski definition) is 3. The van der Waals surface area contributed by atoms with E-state index in [2.05, 4.69) is 4.98 Å². The van der Waals surface area contributed by atoms with Gasteiger partial charge in [0.15, 0.2) is 11.6 Å². The second kappa shape index (κ2) is 5.89. The lowest BCUT2D eigenvalue weighted by Gasteiger charge is -2.08. The number of pyridine rings is 1. The maximum Gasteiger partial charge on any atom is 0.165 e. The number of nitrogens with zero attached hydrogens (tertiary/aromatic N) is 1. The van der Waals surface area contributed by atoms with Crippen LogP contribution in [-0.2, 0) is 13.2 Å². The number of halogens is 1. The van der Waals surface area contributed by atoms with Gasteiger partial charge in [-0.25, -0.2) is 9.37 Å². The fraction of sp³-hybridized carbons (Fsp3) is 0.118. The Morgan fingerprint density at radius 3 is 2.71 bits per heavy atom. The second-order valence-electron chi connectivity index (χ2n) is 4.75. The van der Waals surface area contributed by atoms with Crippen LogP contribution in [-0.4, -0.2) is 4.98 Å². The fourth-order valence-corrected chi connectivity index (χ4v) is 2.13. The Morgan fingerprint density at radius 2 is 1.90 bits per heavy atom. The summed E-state index contributed by atoms with van der Waals surface area (Å²) in [6.07, 6.45) is 0. The highest BCUT2D eigenvalue weighted by atomic mass is 19.1. The van der Waals surface area contributed by atoms with Crippen molar-refractivity contribution < 1.29 is 9.13 Å². The average molecular weight is 282 g/mol. The average Bonchev–Trinajstić information content (AvgIpc) is 2.53. The van der Waals surface area contributed by atoms with Crippen LogP contribution in [0.5, 0.6) is 5.75 Å². The lowest BCUT2D eigenvalue weighted by Crippen LogP contribution is -2.02. The third kappa shape index (κ3) is 3.01. The van der Waals surface area contributed by atoms with E-state index in [1.807, 2.05) is 36.4 Å². The lowest BCUT2D eigenvalue weighted by atomic mass is 10.2. The number of nitrogens with two attached hydrogens (primary N) is 1. The van der Waals surface area contributed by atoms with Crippen LogP contribution in [0.3, 0.4) is 0 Å². The molecule has 3 aromatic rings. The van der Waals surface area contributed by atoms with Crippen molar-refractivity contribution in [2.75, 3.05) is 0 Å². The molecule has 0 spiro atoms. The number of benzene rings is 2. The Kier molecular flexibility index (Phi) is 3.79. The molecule has 0 saturated carbocycles. The minimum Gasteiger partial charge on any atom is -0.484 e. The Labute approximate surface area is 122 Å². The second-order valence-corrected chi connectivity index (χ2v) is 4.75. The van der Waals surface area contributed by atoms with Crippen LogP contribution in [0.1, 0.15) is 11.3 Å². The van der Waals surface area contributed by atoms with Gasteiger partial charge in [-0.15, -0.1) is 0 Å². The molecule has 0 bridgehead atoms. The summed E-state index contributed by atoms with van der Waals surface area (Å²) < 4.78 is 19.3. The van der Waals surface area contributed by atoms with Gasteiger partial charge in [0.05, 0.1) is 11.2 Å². The van der Waals surface area contributed by atoms with E-state index in [-0.39, 0.29) is 12.4 Å². The molecule has 3 nitrogen and oxygen atoms in total. The van der Waals surface area contributed by atoms with Crippen molar-refractivity contribution in [2.24, 2.45) is 5.73 Å². The molecule has 3 rings (SSSR count). The van der Waals surface area contributed by atoms with Gasteiger partial charge in [0.25, 0.3) is 0 Å². The molecule has 0 aliphatic carbocycles. The number of aromatic nitrogens is 1. The predicted octanol–water partition coefficient (Wildman–Crippen LogP) is 3.41. The van der Waals surface area contributed by atoms with E-state index in [0.717, 1.165) is 22.2 Å². The van der Waals surface area contributed by atoms with E-state index in [1.54, 1.807) is 12.1 Å². The van der Waals surface area contributed by atoms with Gasteiger partial charge in [-0.05, 0) is 29.8 Å². The number of ether oxygens (including phenoxy) is 1. The zero-order valence-corrected chi connectivity index (χ0v) is 11.4.